The minimum Gasteiger partial charge on any atom is -0.375 e. The second-order valence-corrected chi connectivity index (χ2v) is 8.23. The lowest BCUT2D eigenvalue weighted by Crippen LogP contribution is -2.48. The third-order valence-electron chi connectivity index (χ3n) is 4.99. The molecule has 0 bridgehead atoms. The fourth-order valence-electron chi connectivity index (χ4n) is 2.53. The maximum absolute atomic E-state index is 6.15. The lowest BCUT2D eigenvalue weighted by molar-refractivity contribution is -0.141. The molecule has 3 heteroatoms. The van der Waals surface area contributed by atoms with Gasteiger partial charge in [0.2, 0.25) is 0 Å². The Morgan fingerprint density at radius 1 is 0.952 bits per heavy atom. The summed E-state index contributed by atoms with van der Waals surface area (Å²) in [6.45, 7) is 21.1. The van der Waals surface area contributed by atoms with Crippen molar-refractivity contribution in [1.29, 1.82) is 0 Å². The molecule has 0 aliphatic heterocycles. The van der Waals surface area contributed by atoms with Crippen molar-refractivity contribution in [2.24, 2.45) is 17.1 Å². The van der Waals surface area contributed by atoms with E-state index in [0.29, 0.717) is 5.92 Å². The summed E-state index contributed by atoms with van der Waals surface area (Å²) in [5.74, 6) is 0.400. The molecule has 0 aromatic carbocycles. The summed E-state index contributed by atoms with van der Waals surface area (Å²) in [5.41, 5.74) is 5.59. The Kier molecular flexibility index (Phi) is 7.89. The van der Waals surface area contributed by atoms with Crippen molar-refractivity contribution in [2.45, 2.75) is 92.4 Å². The molecule has 0 aliphatic rings. The van der Waals surface area contributed by atoms with Gasteiger partial charge in [-0.1, -0.05) is 27.7 Å². The maximum Gasteiger partial charge on any atom is 0.0680 e. The second-order valence-electron chi connectivity index (χ2n) is 8.23. The first-order valence-corrected chi connectivity index (χ1v) is 8.39. The summed E-state index contributed by atoms with van der Waals surface area (Å²) in [5, 5.41) is 0. The summed E-state index contributed by atoms with van der Waals surface area (Å²) in [7, 11) is 0. The molecule has 2 N–H and O–H groups in total. The highest BCUT2D eigenvalue weighted by Crippen LogP contribution is 2.41. The molecule has 0 saturated carbocycles. The molecule has 0 aliphatic carbocycles. The number of nitrogens with two attached hydrogens (primary N) is 1. The first-order chi connectivity index (χ1) is 9.35. The van der Waals surface area contributed by atoms with Gasteiger partial charge < -0.3 is 15.2 Å². The molecule has 2 unspecified atom stereocenters. The molecule has 2 atom stereocenters. The molecular formula is C18H39NO2. The lowest BCUT2D eigenvalue weighted by atomic mass is 9.68. The normalized spacial score (nSPS) is 16.9. The SMILES string of the molecule is CCCOC(C)(C)C(C)(C)C(C)COC(C)(C)CC(C)N. The van der Waals surface area contributed by atoms with E-state index in [1.165, 1.54) is 0 Å². The highest BCUT2D eigenvalue weighted by molar-refractivity contribution is 4.91. The molecule has 128 valence electrons. The van der Waals surface area contributed by atoms with Gasteiger partial charge in [-0.25, -0.2) is 0 Å². The molecule has 0 heterocycles. The fourth-order valence-corrected chi connectivity index (χ4v) is 2.53. The average Bonchev–Trinajstić information content (AvgIpc) is 2.31. The Balaban J connectivity index is 4.65. The largest absolute Gasteiger partial charge is 0.375 e. The average molecular weight is 302 g/mol. The van der Waals surface area contributed by atoms with E-state index in [4.69, 9.17) is 15.2 Å². The van der Waals surface area contributed by atoms with E-state index in [0.717, 1.165) is 26.1 Å². The number of rotatable bonds is 10. The van der Waals surface area contributed by atoms with Crippen LogP contribution in [0.25, 0.3) is 0 Å². The van der Waals surface area contributed by atoms with Crippen LogP contribution < -0.4 is 5.73 Å². The molecule has 0 aromatic heterocycles. The van der Waals surface area contributed by atoms with Crippen molar-refractivity contribution in [3.8, 4) is 0 Å². The standard InChI is InChI=1S/C18H39NO2/c1-10-11-20-18(8,9)17(6,7)14(2)13-21-16(4,5)12-15(3)19/h14-15H,10-13,19H2,1-9H3. The molecule has 0 saturated heterocycles. The van der Waals surface area contributed by atoms with Gasteiger partial charge in [-0.2, -0.15) is 0 Å². The van der Waals surface area contributed by atoms with E-state index in [1.54, 1.807) is 0 Å². The van der Waals surface area contributed by atoms with E-state index < -0.39 is 0 Å². The van der Waals surface area contributed by atoms with Gasteiger partial charge in [0.05, 0.1) is 17.8 Å². The molecule has 0 amide bonds. The number of hydrogen-bond donors (Lipinski definition) is 1. The van der Waals surface area contributed by atoms with Crippen LogP contribution in [-0.4, -0.2) is 30.5 Å². The van der Waals surface area contributed by atoms with Gasteiger partial charge >= 0.3 is 0 Å². The molecule has 0 spiro atoms. The van der Waals surface area contributed by atoms with E-state index >= 15 is 0 Å². The molecule has 0 rings (SSSR count). The zero-order valence-corrected chi connectivity index (χ0v) is 15.9. The summed E-state index contributed by atoms with van der Waals surface area (Å²) in [6, 6.07) is 0.160. The van der Waals surface area contributed by atoms with E-state index in [-0.39, 0.29) is 22.7 Å². The first kappa shape index (κ1) is 20.9. The molecule has 0 aromatic rings. The van der Waals surface area contributed by atoms with Crippen molar-refractivity contribution >= 4 is 0 Å². The van der Waals surface area contributed by atoms with Gasteiger partial charge in [0.25, 0.3) is 0 Å². The zero-order chi connectivity index (χ0) is 16.9. The van der Waals surface area contributed by atoms with Crippen LogP contribution in [0.1, 0.15) is 75.2 Å². The van der Waals surface area contributed by atoms with Crippen molar-refractivity contribution in [3.63, 3.8) is 0 Å². The van der Waals surface area contributed by atoms with Crippen LogP contribution >= 0.6 is 0 Å². The topological polar surface area (TPSA) is 44.5 Å². The number of ether oxygens (including phenoxy) is 2. The highest BCUT2D eigenvalue weighted by Gasteiger charge is 2.42. The van der Waals surface area contributed by atoms with Crippen molar-refractivity contribution in [2.75, 3.05) is 13.2 Å². The monoisotopic (exact) mass is 301 g/mol. The fraction of sp³-hybridized carbons (Fsp3) is 1.00. The maximum atomic E-state index is 6.15. The third kappa shape index (κ3) is 6.66. The van der Waals surface area contributed by atoms with Gasteiger partial charge in [-0.3, -0.25) is 0 Å². The number of hydrogen-bond acceptors (Lipinski definition) is 3. The Morgan fingerprint density at radius 2 is 1.48 bits per heavy atom. The smallest absolute Gasteiger partial charge is 0.0680 e. The van der Waals surface area contributed by atoms with Crippen molar-refractivity contribution in [1.82, 2.24) is 0 Å². The summed E-state index contributed by atoms with van der Waals surface area (Å²) in [6.07, 6.45) is 1.92. The Labute approximate surface area is 133 Å². The predicted octanol–water partition coefficient (Wildman–Crippen LogP) is 4.39. The van der Waals surface area contributed by atoms with Crippen LogP contribution in [0.2, 0.25) is 0 Å². The van der Waals surface area contributed by atoms with Crippen LogP contribution in [0.15, 0.2) is 0 Å². The van der Waals surface area contributed by atoms with Crippen LogP contribution in [0.5, 0.6) is 0 Å². The zero-order valence-electron chi connectivity index (χ0n) is 15.9. The second kappa shape index (κ2) is 7.94. The highest BCUT2D eigenvalue weighted by atomic mass is 16.5. The van der Waals surface area contributed by atoms with Crippen LogP contribution in [0.4, 0.5) is 0 Å². The van der Waals surface area contributed by atoms with Crippen molar-refractivity contribution < 1.29 is 9.47 Å². The summed E-state index contributed by atoms with van der Waals surface area (Å²) in [4.78, 5) is 0. The van der Waals surface area contributed by atoms with Gasteiger partial charge in [0, 0.05) is 12.6 Å². The van der Waals surface area contributed by atoms with E-state index in [9.17, 15) is 0 Å². The van der Waals surface area contributed by atoms with Crippen molar-refractivity contribution in [3.05, 3.63) is 0 Å². The van der Waals surface area contributed by atoms with Gasteiger partial charge in [-0.05, 0) is 58.8 Å². The van der Waals surface area contributed by atoms with Crippen LogP contribution in [0, 0.1) is 11.3 Å². The first-order valence-electron chi connectivity index (χ1n) is 8.39. The molecular weight excluding hydrogens is 262 g/mol. The third-order valence-corrected chi connectivity index (χ3v) is 4.99. The molecule has 21 heavy (non-hydrogen) atoms. The van der Waals surface area contributed by atoms with E-state index in [2.05, 4.69) is 55.4 Å². The van der Waals surface area contributed by atoms with Gasteiger partial charge in [0.1, 0.15) is 0 Å². The predicted molar refractivity (Wildman–Crippen MR) is 91.6 cm³/mol. The Morgan fingerprint density at radius 3 is 1.90 bits per heavy atom. The minimum absolute atomic E-state index is 0.0343. The van der Waals surface area contributed by atoms with E-state index in [1.807, 2.05) is 6.92 Å². The van der Waals surface area contributed by atoms with Crippen LogP contribution in [-0.2, 0) is 9.47 Å². The van der Waals surface area contributed by atoms with Crippen LogP contribution in [0.3, 0.4) is 0 Å². The van der Waals surface area contributed by atoms with Gasteiger partial charge in [0.15, 0.2) is 0 Å². The lowest BCUT2D eigenvalue weighted by Gasteiger charge is -2.46. The summed E-state index contributed by atoms with van der Waals surface area (Å²) < 4.78 is 12.2. The quantitative estimate of drug-likeness (QED) is 0.651. The molecule has 3 nitrogen and oxygen atoms in total. The molecule has 0 fully saturated rings. The Hall–Kier alpha value is -0.120. The Bertz CT molecular complexity index is 296. The summed E-state index contributed by atoms with van der Waals surface area (Å²) >= 11 is 0. The minimum atomic E-state index is -0.174. The van der Waals surface area contributed by atoms with Gasteiger partial charge in [-0.15, -0.1) is 0 Å². The molecule has 0 radical (unpaired) electrons.